The average molecular weight is 426 g/mol. The Morgan fingerprint density at radius 3 is 2.36 bits per heavy atom. The van der Waals surface area contributed by atoms with E-state index in [-0.39, 0.29) is 5.82 Å². The van der Waals surface area contributed by atoms with E-state index in [9.17, 15) is 4.39 Å². The minimum atomic E-state index is -0.210. The molecule has 1 aromatic heterocycles. The molecule has 0 atom stereocenters. The van der Waals surface area contributed by atoms with Crippen LogP contribution in [0.25, 0.3) is 10.9 Å². The van der Waals surface area contributed by atoms with E-state index in [0.29, 0.717) is 21.8 Å². The number of hydrogen-bond acceptors (Lipinski definition) is 6. The Hall–Kier alpha value is -2.06. The number of aromatic nitrogens is 2. The van der Waals surface area contributed by atoms with Crippen LogP contribution in [0.4, 0.5) is 10.2 Å². The van der Waals surface area contributed by atoms with Crippen LogP contribution in [-0.4, -0.2) is 30.4 Å². The minimum Gasteiger partial charge on any atom is -0.493 e. The Balaban J connectivity index is 0.000000196. The molecule has 0 spiro atoms. The van der Waals surface area contributed by atoms with Gasteiger partial charge in [0, 0.05) is 16.3 Å². The highest BCUT2D eigenvalue weighted by molar-refractivity contribution is 9.10. The molecule has 0 bridgehead atoms. The molecule has 0 fully saturated rings. The van der Waals surface area contributed by atoms with Gasteiger partial charge < -0.3 is 15.2 Å². The van der Waals surface area contributed by atoms with E-state index in [1.165, 1.54) is 12.4 Å². The van der Waals surface area contributed by atoms with Crippen LogP contribution >= 0.6 is 27.7 Å². The number of fused-ring (bicyclic) bond motifs is 1. The standard InChI is InChI=1S/C10H11N3O2.C7H6BrFS/c1-14-8-3-6-7(4-9(8)15-2)12-5-13-10(6)11;1-10-5-2-3-7(9)6(8)4-5/h3-5H,1-2H3,(H2,11,12,13);2-4H,1H3. The number of nitrogen functional groups attached to an aromatic ring is 1. The molecule has 0 unspecified atom stereocenters. The van der Waals surface area contributed by atoms with Gasteiger partial charge in [-0.05, 0) is 46.5 Å². The predicted molar refractivity (Wildman–Crippen MR) is 103 cm³/mol. The van der Waals surface area contributed by atoms with Gasteiger partial charge in [-0.3, -0.25) is 0 Å². The highest BCUT2D eigenvalue weighted by atomic mass is 79.9. The second-order valence-corrected chi connectivity index (χ2v) is 6.50. The molecule has 0 amide bonds. The first kappa shape index (κ1) is 19.3. The van der Waals surface area contributed by atoms with Gasteiger partial charge in [-0.15, -0.1) is 11.8 Å². The number of thioether (sulfide) groups is 1. The summed E-state index contributed by atoms with van der Waals surface area (Å²) >= 11 is 4.69. The zero-order chi connectivity index (χ0) is 18.4. The van der Waals surface area contributed by atoms with E-state index in [2.05, 4.69) is 25.9 Å². The maximum atomic E-state index is 12.6. The summed E-state index contributed by atoms with van der Waals surface area (Å²) in [4.78, 5) is 9.07. The van der Waals surface area contributed by atoms with E-state index in [1.807, 2.05) is 6.26 Å². The maximum absolute atomic E-state index is 12.6. The number of rotatable bonds is 3. The van der Waals surface area contributed by atoms with Gasteiger partial charge in [-0.25, -0.2) is 14.4 Å². The summed E-state index contributed by atoms with van der Waals surface area (Å²) in [5.74, 6) is 1.47. The number of halogens is 2. The third-order valence-electron chi connectivity index (χ3n) is 3.30. The summed E-state index contributed by atoms with van der Waals surface area (Å²) in [6, 6.07) is 8.51. The SMILES string of the molecule is COc1cc2ncnc(N)c2cc1OC.CSc1ccc(F)c(Br)c1. The third kappa shape index (κ3) is 4.73. The predicted octanol–water partition coefficient (Wildman–Crippen LogP) is 4.54. The molecule has 132 valence electrons. The molecule has 2 N–H and O–H groups in total. The van der Waals surface area contributed by atoms with Crippen LogP contribution < -0.4 is 15.2 Å². The molecular formula is C17H17BrFN3O2S. The van der Waals surface area contributed by atoms with E-state index in [4.69, 9.17) is 15.2 Å². The number of hydrogen-bond donors (Lipinski definition) is 1. The molecule has 0 aliphatic heterocycles. The molecule has 3 aromatic rings. The molecule has 8 heteroatoms. The van der Waals surface area contributed by atoms with E-state index in [1.54, 1.807) is 50.2 Å². The Morgan fingerprint density at radius 1 is 1.08 bits per heavy atom. The molecule has 1 heterocycles. The van der Waals surface area contributed by atoms with Crippen molar-refractivity contribution in [2.75, 3.05) is 26.2 Å². The number of benzene rings is 2. The van der Waals surface area contributed by atoms with E-state index >= 15 is 0 Å². The molecule has 25 heavy (non-hydrogen) atoms. The molecule has 0 saturated heterocycles. The molecule has 3 rings (SSSR count). The summed E-state index contributed by atoms with van der Waals surface area (Å²) < 4.78 is 23.4. The van der Waals surface area contributed by atoms with Crippen LogP contribution in [0.15, 0.2) is 46.0 Å². The van der Waals surface area contributed by atoms with Gasteiger partial charge >= 0.3 is 0 Å². The summed E-state index contributed by atoms with van der Waals surface area (Å²) in [7, 11) is 3.15. The van der Waals surface area contributed by atoms with Crippen molar-refractivity contribution >= 4 is 44.4 Å². The zero-order valence-corrected chi connectivity index (χ0v) is 16.3. The molecule has 5 nitrogen and oxygen atoms in total. The molecular weight excluding hydrogens is 409 g/mol. The number of nitrogens with zero attached hydrogens (tertiary/aromatic N) is 2. The Bertz CT molecular complexity index is 880. The number of nitrogens with two attached hydrogens (primary N) is 1. The van der Waals surface area contributed by atoms with E-state index < -0.39 is 0 Å². The lowest BCUT2D eigenvalue weighted by Gasteiger charge is -2.08. The van der Waals surface area contributed by atoms with Crippen molar-refractivity contribution < 1.29 is 13.9 Å². The highest BCUT2D eigenvalue weighted by Gasteiger charge is 2.08. The Kier molecular flexibility index (Phi) is 6.83. The van der Waals surface area contributed by atoms with Crippen molar-refractivity contribution in [2.45, 2.75) is 4.90 Å². The molecule has 0 saturated carbocycles. The lowest BCUT2D eigenvalue weighted by atomic mass is 10.2. The van der Waals surface area contributed by atoms with Crippen LogP contribution in [0.5, 0.6) is 11.5 Å². The van der Waals surface area contributed by atoms with Crippen molar-refractivity contribution in [3.05, 3.63) is 46.9 Å². The van der Waals surface area contributed by atoms with Crippen LogP contribution in [-0.2, 0) is 0 Å². The quantitative estimate of drug-likeness (QED) is 0.621. The summed E-state index contributed by atoms with van der Waals surface area (Å²) in [5, 5.41) is 0.759. The minimum absolute atomic E-state index is 0.210. The Labute approximate surface area is 157 Å². The molecule has 0 aliphatic carbocycles. The first-order valence-corrected chi connectivity index (χ1v) is 9.13. The first-order valence-electron chi connectivity index (χ1n) is 7.11. The fourth-order valence-electron chi connectivity index (χ4n) is 2.01. The Morgan fingerprint density at radius 2 is 1.76 bits per heavy atom. The van der Waals surface area contributed by atoms with Gasteiger partial charge in [-0.2, -0.15) is 0 Å². The second-order valence-electron chi connectivity index (χ2n) is 4.76. The highest BCUT2D eigenvalue weighted by Crippen LogP contribution is 2.32. The molecule has 0 radical (unpaired) electrons. The van der Waals surface area contributed by atoms with Gasteiger partial charge in [0.2, 0.25) is 0 Å². The van der Waals surface area contributed by atoms with Crippen molar-refractivity contribution in [1.29, 1.82) is 0 Å². The van der Waals surface area contributed by atoms with Crippen LogP contribution in [0.3, 0.4) is 0 Å². The van der Waals surface area contributed by atoms with Crippen LogP contribution in [0, 0.1) is 5.82 Å². The third-order valence-corrected chi connectivity index (χ3v) is 4.63. The van der Waals surface area contributed by atoms with Crippen LogP contribution in [0.1, 0.15) is 0 Å². The monoisotopic (exact) mass is 425 g/mol. The van der Waals surface area contributed by atoms with Crippen molar-refractivity contribution in [2.24, 2.45) is 0 Å². The smallest absolute Gasteiger partial charge is 0.162 e. The average Bonchev–Trinajstić information content (AvgIpc) is 2.63. The van der Waals surface area contributed by atoms with Gasteiger partial charge in [0.25, 0.3) is 0 Å². The van der Waals surface area contributed by atoms with Gasteiger partial charge in [0.15, 0.2) is 11.5 Å². The number of ether oxygens (including phenoxy) is 2. The maximum Gasteiger partial charge on any atom is 0.162 e. The topological polar surface area (TPSA) is 70.3 Å². The normalized spacial score (nSPS) is 10.1. The summed E-state index contributed by atoms with van der Waals surface area (Å²) in [6.45, 7) is 0. The van der Waals surface area contributed by atoms with E-state index in [0.717, 1.165) is 15.8 Å². The lowest BCUT2D eigenvalue weighted by Crippen LogP contribution is -1.96. The lowest BCUT2D eigenvalue weighted by molar-refractivity contribution is 0.356. The second kappa shape index (κ2) is 8.87. The molecule has 0 aliphatic rings. The van der Waals surface area contributed by atoms with Gasteiger partial charge in [0.1, 0.15) is 18.0 Å². The number of methoxy groups -OCH3 is 2. The van der Waals surface area contributed by atoms with Crippen molar-refractivity contribution in [3.63, 3.8) is 0 Å². The van der Waals surface area contributed by atoms with Crippen molar-refractivity contribution in [3.8, 4) is 11.5 Å². The van der Waals surface area contributed by atoms with Crippen molar-refractivity contribution in [1.82, 2.24) is 9.97 Å². The molecule has 2 aromatic carbocycles. The fraction of sp³-hybridized carbons (Fsp3) is 0.176. The van der Waals surface area contributed by atoms with Gasteiger partial charge in [-0.1, -0.05) is 0 Å². The largest absolute Gasteiger partial charge is 0.493 e. The summed E-state index contributed by atoms with van der Waals surface area (Å²) in [5.41, 5.74) is 6.46. The number of anilines is 1. The van der Waals surface area contributed by atoms with Gasteiger partial charge in [0.05, 0.1) is 24.2 Å². The van der Waals surface area contributed by atoms with Crippen LogP contribution in [0.2, 0.25) is 0 Å². The summed E-state index contributed by atoms with van der Waals surface area (Å²) in [6.07, 6.45) is 3.38. The fourth-order valence-corrected chi connectivity index (χ4v) is 2.98. The first-order chi connectivity index (χ1) is 12.0. The zero-order valence-electron chi connectivity index (χ0n) is 13.9.